The minimum atomic E-state index is 0.538. The molecule has 0 aliphatic heterocycles. The molecule has 1 heterocycles. The van der Waals surface area contributed by atoms with Gasteiger partial charge in [-0.25, -0.2) is 4.90 Å². The van der Waals surface area contributed by atoms with Crippen molar-refractivity contribution in [2.45, 2.75) is 0 Å². The second-order valence-electron chi connectivity index (χ2n) is 5.71. The average Bonchev–Trinajstić information content (AvgIpc) is 3.09. The van der Waals surface area contributed by atoms with Crippen LogP contribution in [-0.2, 0) is 7.05 Å². The molecule has 0 saturated heterocycles. The summed E-state index contributed by atoms with van der Waals surface area (Å²) in [4.78, 5) is 1.46. The summed E-state index contributed by atoms with van der Waals surface area (Å²) >= 11 is 0. The second kappa shape index (κ2) is 7.55. The Labute approximate surface area is 158 Å². The Morgan fingerprint density at radius 2 is 1.85 bits per heavy atom. The summed E-state index contributed by atoms with van der Waals surface area (Å²) in [6, 6.07) is 19.5. The largest absolute Gasteiger partial charge is 0.496 e. The van der Waals surface area contributed by atoms with Gasteiger partial charge in [-0.2, -0.15) is 10.5 Å². The molecule has 0 aliphatic rings. The fourth-order valence-electron chi connectivity index (χ4n) is 2.88. The fourth-order valence-corrected chi connectivity index (χ4v) is 2.88. The quantitative estimate of drug-likeness (QED) is 0.510. The van der Waals surface area contributed by atoms with Crippen molar-refractivity contribution in [1.82, 2.24) is 4.57 Å². The first kappa shape index (κ1) is 17.9. The van der Waals surface area contributed by atoms with E-state index >= 15 is 0 Å². The maximum Gasteiger partial charge on any atom is 0.189 e. The number of ether oxygens (including phenoxy) is 2. The molecule has 0 spiro atoms. The summed E-state index contributed by atoms with van der Waals surface area (Å²) in [5.74, 6) is 1.08. The lowest BCUT2D eigenvalue weighted by Gasteiger charge is -2.20. The molecule has 2 aromatic carbocycles. The Morgan fingerprint density at radius 1 is 1.04 bits per heavy atom. The smallest absolute Gasteiger partial charge is 0.189 e. The third-order valence-corrected chi connectivity index (χ3v) is 4.29. The van der Waals surface area contributed by atoms with Gasteiger partial charge in [-0.1, -0.05) is 6.07 Å². The van der Waals surface area contributed by atoms with E-state index in [1.807, 2.05) is 35.9 Å². The molecule has 0 amide bonds. The molecule has 0 N–H and O–H groups in total. The highest BCUT2D eigenvalue weighted by atomic mass is 16.5. The van der Waals surface area contributed by atoms with Crippen LogP contribution in [0.3, 0.4) is 0 Å². The standard InChI is InChI=1S/C21H17N4O2/c1-24-17(13-22)8-10-19(24)15-7-9-20(21(11-15)27-3)25(14-23)16-5-4-6-18(12-16)26-2/h4-5,7-12H,1-3H3. The number of benzene rings is 2. The molecule has 1 aromatic heterocycles. The highest BCUT2D eigenvalue weighted by Crippen LogP contribution is 2.37. The van der Waals surface area contributed by atoms with Gasteiger partial charge in [-0.05, 0) is 36.4 Å². The molecule has 3 aromatic rings. The topological polar surface area (TPSA) is 74.2 Å². The Hall–Kier alpha value is -3.90. The van der Waals surface area contributed by atoms with Crippen LogP contribution >= 0.6 is 0 Å². The van der Waals surface area contributed by atoms with Crippen LogP contribution in [0.1, 0.15) is 5.69 Å². The van der Waals surface area contributed by atoms with Crippen LogP contribution in [-0.4, -0.2) is 18.8 Å². The minimum absolute atomic E-state index is 0.538. The predicted molar refractivity (Wildman–Crippen MR) is 102 cm³/mol. The summed E-state index contributed by atoms with van der Waals surface area (Å²) in [6.45, 7) is 0. The summed E-state index contributed by atoms with van der Waals surface area (Å²) in [5, 5.41) is 18.9. The van der Waals surface area contributed by atoms with Gasteiger partial charge in [0, 0.05) is 30.4 Å². The van der Waals surface area contributed by atoms with Crippen LogP contribution in [0.25, 0.3) is 11.3 Å². The van der Waals surface area contributed by atoms with Gasteiger partial charge in [0.05, 0.1) is 25.6 Å². The van der Waals surface area contributed by atoms with E-state index in [-0.39, 0.29) is 0 Å². The zero-order valence-electron chi connectivity index (χ0n) is 15.2. The van der Waals surface area contributed by atoms with Gasteiger partial charge in [-0.15, -0.1) is 0 Å². The van der Waals surface area contributed by atoms with Crippen LogP contribution in [0.4, 0.5) is 11.4 Å². The van der Waals surface area contributed by atoms with E-state index in [1.165, 1.54) is 4.90 Å². The second-order valence-corrected chi connectivity index (χ2v) is 5.71. The zero-order valence-corrected chi connectivity index (χ0v) is 15.2. The molecular formula is C21H17N4O2. The van der Waals surface area contributed by atoms with Crippen molar-refractivity contribution < 1.29 is 9.47 Å². The molecule has 133 valence electrons. The monoisotopic (exact) mass is 357 g/mol. The van der Waals surface area contributed by atoms with Gasteiger partial charge in [0.2, 0.25) is 0 Å². The highest BCUT2D eigenvalue weighted by molar-refractivity contribution is 5.77. The lowest BCUT2D eigenvalue weighted by atomic mass is 10.1. The van der Waals surface area contributed by atoms with Crippen LogP contribution in [0.15, 0.2) is 48.5 Å². The number of rotatable bonds is 5. The van der Waals surface area contributed by atoms with E-state index in [0.29, 0.717) is 28.6 Å². The van der Waals surface area contributed by atoms with Crippen molar-refractivity contribution in [2.75, 3.05) is 19.1 Å². The molecule has 1 radical (unpaired) electrons. The first-order valence-electron chi connectivity index (χ1n) is 8.12. The van der Waals surface area contributed by atoms with Crippen molar-refractivity contribution in [1.29, 1.82) is 10.5 Å². The Kier molecular flexibility index (Phi) is 5.01. The lowest BCUT2D eigenvalue weighted by molar-refractivity contribution is 0.413. The van der Waals surface area contributed by atoms with Crippen molar-refractivity contribution in [3.8, 4) is 35.0 Å². The normalized spacial score (nSPS) is 9.96. The molecule has 0 aliphatic carbocycles. The SMILES string of the molecule is COc1[c]ccc(N(C#N)c2ccc(-c3ccc(C#N)n3C)cc2OC)c1. The number of hydrogen-bond acceptors (Lipinski definition) is 5. The summed E-state index contributed by atoms with van der Waals surface area (Å²) in [5.41, 5.74) is 3.59. The van der Waals surface area contributed by atoms with Crippen molar-refractivity contribution in [3.63, 3.8) is 0 Å². The molecule has 0 unspecified atom stereocenters. The van der Waals surface area contributed by atoms with E-state index < -0.39 is 0 Å². The summed E-state index contributed by atoms with van der Waals surface area (Å²) in [6.07, 6.45) is 2.18. The molecule has 6 nitrogen and oxygen atoms in total. The van der Waals surface area contributed by atoms with E-state index in [4.69, 9.17) is 14.7 Å². The van der Waals surface area contributed by atoms with Crippen LogP contribution in [0, 0.1) is 28.9 Å². The van der Waals surface area contributed by atoms with Gasteiger partial charge >= 0.3 is 0 Å². The Bertz CT molecular complexity index is 1060. The minimum Gasteiger partial charge on any atom is -0.496 e. The molecule has 0 bridgehead atoms. The maximum absolute atomic E-state index is 9.71. The first-order chi connectivity index (χ1) is 13.1. The predicted octanol–water partition coefficient (Wildman–Crippen LogP) is 4.00. The Balaban J connectivity index is 2.06. The number of methoxy groups -OCH3 is 2. The third-order valence-electron chi connectivity index (χ3n) is 4.29. The molecule has 27 heavy (non-hydrogen) atoms. The number of hydrogen-bond donors (Lipinski definition) is 0. The number of aromatic nitrogens is 1. The number of anilines is 2. The van der Waals surface area contributed by atoms with Gasteiger partial charge in [0.25, 0.3) is 0 Å². The number of nitriles is 2. The van der Waals surface area contributed by atoms with Crippen LogP contribution in [0.5, 0.6) is 11.5 Å². The van der Waals surface area contributed by atoms with Gasteiger partial charge in [0.1, 0.15) is 23.3 Å². The van der Waals surface area contributed by atoms with E-state index in [9.17, 15) is 5.26 Å². The summed E-state index contributed by atoms with van der Waals surface area (Å²) in [7, 11) is 4.95. The van der Waals surface area contributed by atoms with Crippen molar-refractivity contribution in [2.24, 2.45) is 7.05 Å². The molecule has 0 atom stereocenters. The van der Waals surface area contributed by atoms with Crippen LogP contribution < -0.4 is 14.4 Å². The fraction of sp³-hybridized carbons (Fsp3) is 0.143. The lowest BCUT2D eigenvalue weighted by Crippen LogP contribution is -2.10. The van der Waals surface area contributed by atoms with E-state index in [0.717, 1.165) is 11.3 Å². The molecule has 0 saturated carbocycles. The average molecular weight is 357 g/mol. The highest BCUT2D eigenvalue weighted by Gasteiger charge is 2.17. The van der Waals surface area contributed by atoms with Gasteiger partial charge in [-0.3, -0.25) is 0 Å². The molecule has 6 heteroatoms. The van der Waals surface area contributed by atoms with Gasteiger partial charge < -0.3 is 14.0 Å². The van der Waals surface area contributed by atoms with Crippen LogP contribution in [0.2, 0.25) is 0 Å². The van der Waals surface area contributed by atoms with Gasteiger partial charge in [0.15, 0.2) is 6.19 Å². The van der Waals surface area contributed by atoms with E-state index in [1.54, 1.807) is 38.5 Å². The third kappa shape index (κ3) is 3.29. The molecular weight excluding hydrogens is 340 g/mol. The molecule has 0 fully saturated rings. The maximum atomic E-state index is 9.71. The Morgan fingerprint density at radius 3 is 2.48 bits per heavy atom. The van der Waals surface area contributed by atoms with E-state index in [2.05, 4.69) is 18.3 Å². The summed E-state index contributed by atoms with van der Waals surface area (Å²) < 4.78 is 12.5. The number of nitrogens with zero attached hydrogens (tertiary/aromatic N) is 4. The van der Waals surface area contributed by atoms with Crippen molar-refractivity contribution >= 4 is 11.4 Å². The zero-order chi connectivity index (χ0) is 19.4. The van der Waals surface area contributed by atoms with Crippen molar-refractivity contribution in [3.05, 3.63) is 60.3 Å². The first-order valence-corrected chi connectivity index (χ1v) is 8.12. The molecule has 3 rings (SSSR count).